The summed E-state index contributed by atoms with van der Waals surface area (Å²) in [4.78, 5) is 0. The third-order valence-electron chi connectivity index (χ3n) is 7.64. The van der Waals surface area contributed by atoms with Gasteiger partial charge in [0.05, 0.1) is 11.2 Å². The summed E-state index contributed by atoms with van der Waals surface area (Å²) in [6, 6.07) is 41.7. The van der Waals surface area contributed by atoms with Crippen molar-refractivity contribution in [3.05, 3.63) is 144 Å². The maximum atomic E-state index is 14.3. The molecule has 0 radical (unpaired) electrons. The second-order valence-electron chi connectivity index (χ2n) is 12.7. The Kier molecular flexibility index (Phi) is 11.8. The molecule has 0 aliphatic carbocycles. The van der Waals surface area contributed by atoms with E-state index in [1.807, 2.05) is 24.3 Å². The molecule has 0 N–H and O–H groups in total. The van der Waals surface area contributed by atoms with E-state index in [-0.39, 0.29) is 0 Å². The lowest BCUT2D eigenvalue weighted by atomic mass is 9.82. The van der Waals surface area contributed by atoms with E-state index in [4.69, 9.17) is 9.05 Å². The highest BCUT2D eigenvalue weighted by atomic mass is 31.1. The molecule has 0 aliphatic heterocycles. The fourth-order valence-electron chi connectivity index (χ4n) is 6.38. The van der Waals surface area contributed by atoms with Gasteiger partial charge in [0.2, 0.25) is 0 Å². The molecule has 4 aromatic rings. The zero-order chi connectivity index (χ0) is 29.8. The van der Waals surface area contributed by atoms with Crippen LogP contribution in [-0.2, 0) is 39.3 Å². The van der Waals surface area contributed by atoms with Crippen LogP contribution in [0.1, 0.15) is 62.8 Å². The minimum Gasteiger partial charge on any atom is -0.303 e. The standard InChI is InChI=1S/C38H47O3P/c1-31(2)25-37(27-33-17-9-5-10-18-33,28-34-19-11-6-12-20-34)40-42(39)41-38(26-32(3)4,29-35-21-13-7-14-22-35)30-36-23-15-8-16-24-36/h5-24,31-32,42H,25-30H2,1-4H3. The molecule has 0 aliphatic rings. The molecule has 0 saturated heterocycles. The van der Waals surface area contributed by atoms with Gasteiger partial charge >= 0.3 is 8.25 Å². The molecule has 4 heteroatoms. The maximum absolute atomic E-state index is 14.3. The van der Waals surface area contributed by atoms with E-state index in [0.717, 1.165) is 12.8 Å². The Morgan fingerprint density at radius 2 is 0.714 bits per heavy atom. The Morgan fingerprint density at radius 3 is 0.929 bits per heavy atom. The first kappa shape index (κ1) is 32.0. The molecule has 4 rings (SSSR count). The average molecular weight is 583 g/mol. The smallest absolute Gasteiger partial charge is 0.303 e. The van der Waals surface area contributed by atoms with Gasteiger partial charge in [-0.25, -0.2) is 0 Å². The van der Waals surface area contributed by atoms with Crippen molar-refractivity contribution < 1.29 is 13.6 Å². The highest BCUT2D eigenvalue weighted by Crippen LogP contribution is 2.45. The van der Waals surface area contributed by atoms with E-state index < -0.39 is 19.5 Å². The van der Waals surface area contributed by atoms with Crippen LogP contribution in [0.3, 0.4) is 0 Å². The first-order valence-corrected chi connectivity index (χ1v) is 16.5. The number of hydrogen-bond donors (Lipinski definition) is 0. The van der Waals surface area contributed by atoms with Crippen LogP contribution in [0.2, 0.25) is 0 Å². The van der Waals surface area contributed by atoms with Gasteiger partial charge in [0.25, 0.3) is 0 Å². The van der Waals surface area contributed by atoms with Crippen molar-refractivity contribution in [3.63, 3.8) is 0 Å². The van der Waals surface area contributed by atoms with Crippen molar-refractivity contribution in [3.8, 4) is 0 Å². The fraction of sp³-hybridized carbons (Fsp3) is 0.368. The maximum Gasteiger partial charge on any atom is 0.320 e. The van der Waals surface area contributed by atoms with Gasteiger partial charge in [-0.05, 0) is 46.9 Å². The summed E-state index contributed by atoms with van der Waals surface area (Å²) in [7, 11) is -2.92. The van der Waals surface area contributed by atoms with Gasteiger partial charge in [-0.1, -0.05) is 149 Å². The van der Waals surface area contributed by atoms with E-state index in [1.165, 1.54) is 22.3 Å². The number of rotatable bonds is 16. The predicted octanol–water partition coefficient (Wildman–Crippen LogP) is 9.95. The highest BCUT2D eigenvalue weighted by Gasteiger charge is 2.40. The SMILES string of the molecule is CC(C)CC(Cc1ccccc1)(Cc1ccccc1)O[PH](=O)OC(Cc1ccccc1)(Cc1ccccc1)CC(C)C. The second-order valence-corrected chi connectivity index (χ2v) is 13.6. The molecule has 0 saturated carbocycles. The minimum atomic E-state index is -2.92. The quantitative estimate of drug-likeness (QED) is 0.123. The lowest BCUT2D eigenvalue weighted by Gasteiger charge is -2.39. The zero-order valence-corrected chi connectivity index (χ0v) is 26.7. The molecule has 4 aromatic carbocycles. The first-order valence-electron chi connectivity index (χ1n) is 15.3. The lowest BCUT2D eigenvalue weighted by molar-refractivity contribution is -0.00695. The van der Waals surface area contributed by atoms with Crippen LogP contribution in [0.15, 0.2) is 121 Å². The van der Waals surface area contributed by atoms with Crippen LogP contribution in [-0.4, -0.2) is 11.2 Å². The van der Waals surface area contributed by atoms with Crippen LogP contribution < -0.4 is 0 Å². The Bertz CT molecular complexity index is 1150. The monoisotopic (exact) mass is 582 g/mol. The van der Waals surface area contributed by atoms with Crippen LogP contribution in [0, 0.1) is 11.8 Å². The third-order valence-corrected chi connectivity index (χ3v) is 8.84. The fourth-order valence-corrected chi connectivity index (χ4v) is 7.58. The van der Waals surface area contributed by atoms with Crippen molar-refractivity contribution in [2.75, 3.05) is 0 Å². The summed E-state index contributed by atoms with van der Waals surface area (Å²) in [6.45, 7) is 8.83. The largest absolute Gasteiger partial charge is 0.320 e. The van der Waals surface area contributed by atoms with Crippen LogP contribution in [0.4, 0.5) is 0 Å². The minimum absolute atomic E-state index is 0.348. The molecule has 0 unspecified atom stereocenters. The van der Waals surface area contributed by atoms with Gasteiger partial charge in [-0.15, -0.1) is 0 Å². The van der Waals surface area contributed by atoms with Crippen molar-refractivity contribution >= 4 is 8.25 Å². The average Bonchev–Trinajstić information content (AvgIpc) is 2.94. The Labute approximate surface area is 254 Å². The van der Waals surface area contributed by atoms with Gasteiger partial charge in [-0.2, -0.15) is 0 Å². The summed E-state index contributed by atoms with van der Waals surface area (Å²) in [6.07, 6.45) is 4.19. The summed E-state index contributed by atoms with van der Waals surface area (Å²) in [5.74, 6) is 0.697. The van der Waals surface area contributed by atoms with Gasteiger partial charge < -0.3 is 9.05 Å². The summed E-state index contributed by atoms with van der Waals surface area (Å²) in [5, 5.41) is 0. The molecule has 0 bridgehead atoms. The Morgan fingerprint density at radius 1 is 0.476 bits per heavy atom. The van der Waals surface area contributed by atoms with Crippen molar-refractivity contribution in [2.45, 2.75) is 77.4 Å². The highest BCUT2D eigenvalue weighted by molar-refractivity contribution is 7.33. The molecule has 0 atom stereocenters. The van der Waals surface area contributed by atoms with Crippen molar-refractivity contribution in [1.82, 2.24) is 0 Å². The van der Waals surface area contributed by atoms with Gasteiger partial charge in [0.15, 0.2) is 0 Å². The molecular formula is C38H47O3P. The molecule has 0 spiro atoms. The second kappa shape index (κ2) is 15.5. The normalized spacial score (nSPS) is 12.4. The molecule has 0 heterocycles. The molecular weight excluding hydrogens is 535 g/mol. The van der Waals surface area contributed by atoms with E-state index in [9.17, 15) is 4.57 Å². The van der Waals surface area contributed by atoms with Gasteiger partial charge in [0.1, 0.15) is 0 Å². The van der Waals surface area contributed by atoms with Gasteiger partial charge in [-0.3, -0.25) is 4.57 Å². The zero-order valence-electron chi connectivity index (χ0n) is 25.7. The first-order chi connectivity index (χ1) is 20.2. The van der Waals surface area contributed by atoms with Crippen LogP contribution >= 0.6 is 8.25 Å². The number of benzene rings is 4. The van der Waals surface area contributed by atoms with Crippen molar-refractivity contribution in [1.29, 1.82) is 0 Å². The summed E-state index contributed by atoms with van der Waals surface area (Å²) < 4.78 is 27.9. The van der Waals surface area contributed by atoms with E-state index in [1.54, 1.807) is 0 Å². The van der Waals surface area contributed by atoms with E-state index in [2.05, 4.69) is 125 Å². The summed E-state index contributed by atoms with van der Waals surface area (Å²) in [5.41, 5.74) is 3.35. The Balaban J connectivity index is 1.71. The molecule has 42 heavy (non-hydrogen) atoms. The summed E-state index contributed by atoms with van der Waals surface area (Å²) >= 11 is 0. The molecule has 222 valence electrons. The molecule has 0 fully saturated rings. The topological polar surface area (TPSA) is 35.5 Å². The van der Waals surface area contributed by atoms with E-state index >= 15 is 0 Å². The lowest BCUT2D eigenvalue weighted by Crippen LogP contribution is -2.40. The molecule has 0 amide bonds. The molecule has 3 nitrogen and oxygen atoms in total. The molecule has 0 aromatic heterocycles. The third kappa shape index (κ3) is 10.1. The predicted molar refractivity (Wildman–Crippen MR) is 176 cm³/mol. The van der Waals surface area contributed by atoms with Crippen molar-refractivity contribution in [2.24, 2.45) is 11.8 Å². The Hall–Kier alpha value is -2.97. The van der Waals surface area contributed by atoms with Crippen LogP contribution in [0.5, 0.6) is 0 Å². The van der Waals surface area contributed by atoms with E-state index in [0.29, 0.717) is 37.5 Å². The van der Waals surface area contributed by atoms with Gasteiger partial charge in [0, 0.05) is 25.7 Å². The number of hydrogen-bond acceptors (Lipinski definition) is 3. The van der Waals surface area contributed by atoms with Crippen LogP contribution in [0.25, 0.3) is 0 Å².